The van der Waals surface area contributed by atoms with E-state index >= 15 is 0 Å². The fourth-order valence-electron chi connectivity index (χ4n) is 1.81. The smallest absolute Gasteiger partial charge is 0.176 e. The average molecular weight is 323 g/mol. The second kappa shape index (κ2) is 6.30. The minimum Gasteiger partial charge on any atom is -0.293 e. The Balaban J connectivity index is 2.15. The summed E-state index contributed by atoms with van der Waals surface area (Å²) >= 11 is 5.16. The molecular weight excluding hydrogens is 308 g/mol. The maximum atomic E-state index is 12.1. The van der Waals surface area contributed by atoms with Crippen LogP contribution in [0.1, 0.15) is 30.1 Å². The molecule has 0 spiro atoms. The minimum atomic E-state index is -0.0601. The van der Waals surface area contributed by atoms with Gasteiger partial charge in [-0.1, -0.05) is 59.6 Å². The molecule has 2 rings (SSSR count). The summed E-state index contributed by atoms with van der Waals surface area (Å²) in [5, 5.41) is 2.06. The Labute approximate surface area is 120 Å². The van der Waals surface area contributed by atoms with Crippen molar-refractivity contribution in [2.75, 3.05) is 0 Å². The summed E-state index contributed by atoms with van der Waals surface area (Å²) in [5.74, 6) is 0.176. The Bertz CT molecular complexity index is 502. The van der Waals surface area contributed by atoms with Gasteiger partial charge >= 0.3 is 0 Å². The SMILES string of the molecule is CCCC(Br)C(=O)c1ccc(-c2cccs2)cc1. The van der Waals surface area contributed by atoms with Gasteiger partial charge in [0, 0.05) is 10.4 Å². The summed E-state index contributed by atoms with van der Waals surface area (Å²) in [7, 11) is 0. The molecule has 0 fully saturated rings. The van der Waals surface area contributed by atoms with Crippen LogP contribution in [0.4, 0.5) is 0 Å². The first-order chi connectivity index (χ1) is 8.72. The van der Waals surface area contributed by atoms with Crippen molar-refractivity contribution in [2.24, 2.45) is 0 Å². The van der Waals surface area contributed by atoms with E-state index in [-0.39, 0.29) is 10.6 Å². The van der Waals surface area contributed by atoms with Crippen molar-refractivity contribution in [1.29, 1.82) is 0 Å². The number of benzene rings is 1. The van der Waals surface area contributed by atoms with E-state index in [4.69, 9.17) is 0 Å². The first-order valence-corrected chi connectivity index (χ1v) is 7.84. The zero-order chi connectivity index (χ0) is 13.0. The molecule has 1 heterocycles. The molecule has 0 aliphatic carbocycles. The molecule has 94 valence electrons. The van der Waals surface area contributed by atoms with Crippen molar-refractivity contribution in [3.63, 3.8) is 0 Å². The molecular formula is C15H15BrOS. The standard InChI is InChI=1S/C15H15BrOS/c1-2-4-13(16)15(17)12-8-6-11(7-9-12)14-5-3-10-18-14/h3,5-10,13H,2,4H2,1H3. The van der Waals surface area contributed by atoms with Crippen LogP contribution in [0.2, 0.25) is 0 Å². The van der Waals surface area contributed by atoms with E-state index in [0.717, 1.165) is 18.4 Å². The maximum Gasteiger partial charge on any atom is 0.176 e. The van der Waals surface area contributed by atoms with Crippen LogP contribution in [0.3, 0.4) is 0 Å². The molecule has 2 aromatic rings. The monoisotopic (exact) mass is 322 g/mol. The summed E-state index contributed by atoms with van der Waals surface area (Å²) in [6.45, 7) is 2.08. The predicted molar refractivity (Wildman–Crippen MR) is 81.7 cm³/mol. The summed E-state index contributed by atoms with van der Waals surface area (Å²) in [4.78, 5) is 13.3. The Hall–Kier alpha value is -0.930. The lowest BCUT2D eigenvalue weighted by atomic mass is 10.0. The molecule has 0 aliphatic rings. The van der Waals surface area contributed by atoms with Crippen molar-refractivity contribution in [2.45, 2.75) is 24.6 Å². The third-order valence-corrected chi connectivity index (χ3v) is 4.59. The van der Waals surface area contributed by atoms with E-state index < -0.39 is 0 Å². The largest absolute Gasteiger partial charge is 0.293 e. The fraction of sp³-hybridized carbons (Fsp3) is 0.267. The number of halogens is 1. The van der Waals surface area contributed by atoms with Gasteiger partial charge < -0.3 is 0 Å². The highest BCUT2D eigenvalue weighted by atomic mass is 79.9. The third-order valence-electron chi connectivity index (χ3n) is 2.80. The lowest BCUT2D eigenvalue weighted by Crippen LogP contribution is -2.13. The molecule has 1 unspecified atom stereocenters. The lowest BCUT2D eigenvalue weighted by Gasteiger charge is -2.07. The quantitative estimate of drug-likeness (QED) is 0.548. The lowest BCUT2D eigenvalue weighted by molar-refractivity contribution is 0.0988. The number of hydrogen-bond acceptors (Lipinski definition) is 2. The van der Waals surface area contributed by atoms with E-state index in [1.807, 2.05) is 30.3 Å². The zero-order valence-electron chi connectivity index (χ0n) is 10.2. The van der Waals surface area contributed by atoms with E-state index in [9.17, 15) is 4.79 Å². The summed E-state index contributed by atoms with van der Waals surface area (Å²) in [6.07, 6.45) is 1.89. The minimum absolute atomic E-state index is 0.0601. The van der Waals surface area contributed by atoms with Crippen LogP contribution in [0, 0.1) is 0 Å². The zero-order valence-corrected chi connectivity index (χ0v) is 12.6. The number of alkyl halides is 1. The number of carbonyl (C=O) groups excluding carboxylic acids is 1. The van der Waals surface area contributed by atoms with E-state index in [1.165, 1.54) is 10.4 Å². The number of Topliss-reactive ketones (excluding diaryl/α,β-unsaturated/α-hetero) is 1. The number of hydrogen-bond donors (Lipinski definition) is 0. The van der Waals surface area contributed by atoms with Crippen molar-refractivity contribution >= 4 is 33.0 Å². The Morgan fingerprint density at radius 3 is 2.56 bits per heavy atom. The Morgan fingerprint density at radius 1 is 1.28 bits per heavy atom. The number of carbonyl (C=O) groups is 1. The van der Waals surface area contributed by atoms with Crippen LogP contribution < -0.4 is 0 Å². The highest BCUT2D eigenvalue weighted by Gasteiger charge is 2.15. The van der Waals surface area contributed by atoms with E-state index in [1.54, 1.807) is 11.3 Å². The second-order valence-electron chi connectivity index (χ2n) is 4.18. The molecule has 0 N–H and O–H groups in total. The normalized spacial score (nSPS) is 12.3. The van der Waals surface area contributed by atoms with Crippen LogP contribution in [0.15, 0.2) is 41.8 Å². The van der Waals surface area contributed by atoms with Gasteiger partial charge in [-0.15, -0.1) is 11.3 Å². The summed E-state index contributed by atoms with van der Waals surface area (Å²) in [5.41, 5.74) is 1.95. The van der Waals surface area contributed by atoms with Crippen LogP contribution in [-0.4, -0.2) is 10.6 Å². The van der Waals surface area contributed by atoms with Gasteiger partial charge in [0.2, 0.25) is 0 Å². The van der Waals surface area contributed by atoms with Gasteiger partial charge in [-0.3, -0.25) is 4.79 Å². The molecule has 1 atom stereocenters. The predicted octanol–water partition coefficient (Wildman–Crippen LogP) is 5.16. The number of ketones is 1. The fourth-order valence-corrected chi connectivity index (χ4v) is 3.26. The van der Waals surface area contributed by atoms with E-state index in [0.29, 0.717) is 0 Å². The van der Waals surface area contributed by atoms with Gasteiger partial charge in [-0.05, 0) is 23.4 Å². The van der Waals surface area contributed by atoms with Gasteiger partial charge in [0.25, 0.3) is 0 Å². The molecule has 3 heteroatoms. The van der Waals surface area contributed by atoms with Gasteiger partial charge in [-0.2, -0.15) is 0 Å². The summed E-state index contributed by atoms with van der Waals surface area (Å²) < 4.78 is 0. The van der Waals surface area contributed by atoms with E-state index in [2.05, 4.69) is 34.3 Å². The molecule has 1 aromatic heterocycles. The molecule has 0 saturated heterocycles. The van der Waals surface area contributed by atoms with Gasteiger partial charge in [-0.25, -0.2) is 0 Å². The third kappa shape index (κ3) is 3.09. The molecule has 1 nitrogen and oxygen atoms in total. The number of rotatable bonds is 5. The highest BCUT2D eigenvalue weighted by Crippen LogP contribution is 2.25. The molecule has 18 heavy (non-hydrogen) atoms. The van der Waals surface area contributed by atoms with Crippen molar-refractivity contribution < 1.29 is 4.79 Å². The van der Waals surface area contributed by atoms with Gasteiger partial charge in [0.15, 0.2) is 5.78 Å². The topological polar surface area (TPSA) is 17.1 Å². The maximum absolute atomic E-state index is 12.1. The van der Waals surface area contributed by atoms with Crippen molar-refractivity contribution in [3.8, 4) is 10.4 Å². The molecule has 0 amide bonds. The molecule has 0 saturated carbocycles. The summed E-state index contributed by atoms with van der Waals surface area (Å²) in [6, 6.07) is 12.0. The average Bonchev–Trinajstić information content (AvgIpc) is 2.92. The second-order valence-corrected chi connectivity index (χ2v) is 6.23. The van der Waals surface area contributed by atoms with Crippen molar-refractivity contribution in [1.82, 2.24) is 0 Å². The van der Waals surface area contributed by atoms with Crippen LogP contribution in [-0.2, 0) is 0 Å². The van der Waals surface area contributed by atoms with Gasteiger partial charge in [0.05, 0.1) is 4.83 Å². The first-order valence-electron chi connectivity index (χ1n) is 6.04. The number of thiophene rings is 1. The Kier molecular flexibility index (Phi) is 4.72. The first kappa shape index (κ1) is 13.5. The highest BCUT2D eigenvalue weighted by molar-refractivity contribution is 9.10. The van der Waals surface area contributed by atoms with Crippen LogP contribution in [0.5, 0.6) is 0 Å². The van der Waals surface area contributed by atoms with Gasteiger partial charge in [0.1, 0.15) is 0 Å². The van der Waals surface area contributed by atoms with Crippen LogP contribution in [0.25, 0.3) is 10.4 Å². The molecule has 0 bridgehead atoms. The molecule has 0 radical (unpaired) electrons. The molecule has 1 aromatic carbocycles. The Morgan fingerprint density at radius 2 is 2.00 bits per heavy atom. The van der Waals surface area contributed by atoms with Crippen molar-refractivity contribution in [3.05, 3.63) is 47.3 Å². The van der Waals surface area contributed by atoms with Crippen LogP contribution >= 0.6 is 27.3 Å². The molecule has 0 aliphatic heterocycles.